The van der Waals surface area contributed by atoms with Crippen molar-refractivity contribution in [3.63, 3.8) is 0 Å². The minimum atomic E-state index is -1.44. The van der Waals surface area contributed by atoms with Crippen LogP contribution in [0.5, 0.6) is 0 Å². The van der Waals surface area contributed by atoms with Gasteiger partial charge in [0.25, 0.3) is 0 Å². The van der Waals surface area contributed by atoms with Crippen molar-refractivity contribution in [2.75, 3.05) is 6.61 Å². The fourth-order valence-electron chi connectivity index (χ4n) is 0.597. The Morgan fingerprint density at radius 3 is 2.42 bits per heavy atom. The minimum absolute atomic E-state index is 0.215. The number of rotatable bonds is 6. The molecule has 4 atom stereocenters. The van der Waals surface area contributed by atoms with Crippen LogP contribution in [0.3, 0.4) is 0 Å². The van der Waals surface area contributed by atoms with Gasteiger partial charge in [-0.1, -0.05) is 0 Å². The van der Waals surface area contributed by atoms with Crippen LogP contribution in [0.1, 0.15) is 0 Å². The van der Waals surface area contributed by atoms with Crippen LogP contribution in [0.4, 0.5) is 0 Å². The maximum absolute atomic E-state index is 10.1. The molecule has 0 bridgehead atoms. The van der Waals surface area contributed by atoms with Crippen LogP contribution in [0.2, 0.25) is 0 Å². The van der Waals surface area contributed by atoms with E-state index >= 15 is 0 Å². The first-order chi connectivity index (χ1) is 6.08. The van der Waals surface area contributed by atoms with Crippen molar-refractivity contribution in [3.05, 3.63) is 0 Å². The molecule has 0 saturated heterocycles. The van der Waals surface area contributed by atoms with E-state index in [1.54, 1.807) is 0 Å². The molecule has 0 aliphatic heterocycles. The molecule has 0 aliphatic carbocycles. The molecule has 0 aromatic carbocycles. The van der Waals surface area contributed by atoms with Gasteiger partial charge in [0, 0.05) is 0 Å². The Balaban J connectivity index is 4.29. The zero-order valence-electron chi connectivity index (χ0n) is 7.17. The molecule has 0 radical (unpaired) electrons. The van der Waals surface area contributed by atoms with Crippen molar-refractivity contribution in [1.29, 1.82) is 0.594 Å². The Bertz CT molecular complexity index is 158. The van der Waals surface area contributed by atoms with Gasteiger partial charge in [-0.3, -0.25) is 0 Å². The second-order valence-electron chi connectivity index (χ2n) is 2.31. The van der Waals surface area contributed by atoms with Crippen molar-refractivity contribution in [2.45, 2.75) is 22.2 Å². The Morgan fingerprint density at radius 1 is 1.50 bits per heavy atom. The standard InChI is InChI=1S/C6H12IO5/c7-5(3(10)1-8)6(12)4(11)2-9/h1,3-7,9-12H,2H2/q-1/t3-,4+,5+,6+/m0/s1/i7D. The second kappa shape index (κ2) is 5.81. The van der Waals surface area contributed by atoms with Gasteiger partial charge in [0.15, 0.2) is 0 Å². The predicted octanol–water partition coefficient (Wildman–Crippen LogP) is -6.09. The third-order valence-corrected chi connectivity index (χ3v) is 2.85. The van der Waals surface area contributed by atoms with Gasteiger partial charge < -0.3 is 0 Å². The van der Waals surface area contributed by atoms with Gasteiger partial charge >= 0.3 is 83.3 Å². The van der Waals surface area contributed by atoms with Gasteiger partial charge in [-0.15, -0.1) is 0 Å². The Hall–Kier alpha value is 0.240. The molecule has 74 valence electrons. The number of aliphatic hydroxyl groups is 4. The molecule has 0 rings (SSSR count). The summed E-state index contributed by atoms with van der Waals surface area (Å²) >= 11 is -1.34. The van der Waals surface area contributed by atoms with Gasteiger partial charge in [-0.25, -0.2) is 0 Å². The van der Waals surface area contributed by atoms with Gasteiger partial charge in [0.1, 0.15) is 0 Å². The molecule has 0 fully saturated rings. The van der Waals surface area contributed by atoms with E-state index in [0.717, 1.165) is 0 Å². The van der Waals surface area contributed by atoms with Gasteiger partial charge in [0.2, 0.25) is 0 Å². The van der Waals surface area contributed by atoms with E-state index in [2.05, 4.69) is 0 Å². The average Bonchev–Trinajstić information content (AvgIpc) is 2.17. The van der Waals surface area contributed by atoms with E-state index in [-0.39, 0.29) is 6.29 Å². The summed E-state index contributed by atoms with van der Waals surface area (Å²) in [6.07, 6.45) is -4.06. The van der Waals surface area contributed by atoms with Crippen molar-refractivity contribution >= 4 is 6.29 Å². The molecule has 0 aliphatic rings. The van der Waals surface area contributed by atoms with Gasteiger partial charge in [0.05, 0.1) is 0 Å². The van der Waals surface area contributed by atoms with E-state index in [1.807, 2.05) is 0 Å². The molecule has 0 aromatic rings. The number of hydrogen-bond acceptors (Lipinski definition) is 5. The number of halogens is 1. The Morgan fingerprint density at radius 2 is 2.08 bits per heavy atom. The molecular weight excluding hydrogens is 279 g/mol. The number of carbonyl (C=O) groups is 1. The zero-order chi connectivity index (χ0) is 10.4. The first-order valence-electron chi connectivity index (χ1n) is 3.66. The predicted molar refractivity (Wildman–Crippen MR) is 36.4 cm³/mol. The second-order valence-corrected chi connectivity index (χ2v) is 3.75. The molecule has 0 saturated carbocycles. The topological polar surface area (TPSA) is 98.0 Å². The number of carbonyl (C=O) groups excluding carboxylic acids is 1. The third-order valence-electron chi connectivity index (χ3n) is 1.37. The summed E-state index contributed by atoms with van der Waals surface area (Å²) in [5, 5.41) is 35.7. The summed E-state index contributed by atoms with van der Waals surface area (Å²) < 4.78 is 6.07. The normalized spacial score (nSPS) is 22.5. The van der Waals surface area contributed by atoms with Crippen LogP contribution in [0.25, 0.3) is 0 Å². The fourth-order valence-corrected chi connectivity index (χ4v) is 1.25. The number of aldehydes is 1. The van der Waals surface area contributed by atoms with E-state index in [0.29, 0.717) is 0 Å². The van der Waals surface area contributed by atoms with Gasteiger partial charge in [-0.2, -0.15) is 0 Å². The molecular formula is C6H12IO5-. The van der Waals surface area contributed by atoms with E-state index in [1.165, 1.54) is 0 Å². The van der Waals surface area contributed by atoms with Crippen LogP contribution in [0.15, 0.2) is 0 Å². The summed E-state index contributed by atoms with van der Waals surface area (Å²) in [5.74, 6) is 0. The van der Waals surface area contributed by atoms with Crippen LogP contribution < -0.4 is 22.4 Å². The summed E-state index contributed by atoms with van der Waals surface area (Å²) in [6, 6.07) is 0. The molecule has 4 N–H and O–H groups in total. The number of hydrogen-bond donors (Lipinski definition) is 4. The molecule has 0 heterocycles. The van der Waals surface area contributed by atoms with E-state index in [9.17, 15) is 9.90 Å². The molecule has 0 aromatic heterocycles. The number of aliphatic hydroxyl groups excluding tert-OH is 4. The number of alkyl halides is 1. The van der Waals surface area contributed by atoms with Crippen molar-refractivity contribution < 1.29 is 47.6 Å². The average molecular weight is 292 g/mol. The zero-order valence-corrected chi connectivity index (χ0v) is 8.33. The molecule has 12 heavy (non-hydrogen) atoms. The summed E-state index contributed by atoms with van der Waals surface area (Å²) in [7, 11) is 0. The van der Waals surface area contributed by atoms with Crippen molar-refractivity contribution in [2.24, 2.45) is 0 Å². The van der Waals surface area contributed by atoms with Crippen LogP contribution in [0, 0.1) is 0 Å². The Labute approximate surface area is 83.6 Å². The molecule has 0 amide bonds. The molecule has 5 nitrogen and oxygen atoms in total. The summed E-state index contributed by atoms with van der Waals surface area (Å²) in [4.78, 5) is 10.1. The summed E-state index contributed by atoms with van der Waals surface area (Å²) in [6.45, 7) is -0.660. The molecule has 6 heteroatoms. The molecule has 0 unspecified atom stereocenters. The van der Waals surface area contributed by atoms with E-state index < -0.39 is 51.2 Å². The van der Waals surface area contributed by atoms with Crippen molar-refractivity contribution in [3.8, 4) is 0 Å². The van der Waals surface area contributed by atoms with Crippen LogP contribution in [-0.2, 0) is 4.79 Å². The maximum atomic E-state index is 10.1. The van der Waals surface area contributed by atoms with Crippen LogP contribution >= 0.6 is 0 Å². The SMILES string of the molecule is [2H][I-][C@@H]([C@H](O)[C@H](O)CO)[C@@H](O)C=O. The van der Waals surface area contributed by atoms with Crippen molar-refractivity contribution in [1.82, 2.24) is 0 Å². The first kappa shape index (κ1) is 10.3. The van der Waals surface area contributed by atoms with E-state index in [4.69, 9.17) is 15.9 Å². The van der Waals surface area contributed by atoms with Gasteiger partial charge in [-0.05, 0) is 0 Å². The monoisotopic (exact) mass is 292 g/mol. The quantitative estimate of drug-likeness (QED) is 0.222. The first-order valence-corrected chi connectivity index (χ1v) is 4.53. The fraction of sp³-hybridized carbons (Fsp3) is 0.833. The Kier molecular flexibility index (Phi) is 5.00. The third kappa shape index (κ3) is 3.31. The molecule has 0 spiro atoms. The van der Waals surface area contributed by atoms with Crippen LogP contribution in [-0.4, -0.2) is 56.1 Å². The summed E-state index contributed by atoms with van der Waals surface area (Å²) in [5.41, 5.74) is 0.